The predicted octanol–water partition coefficient (Wildman–Crippen LogP) is 1.37. The summed E-state index contributed by atoms with van der Waals surface area (Å²) >= 11 is 0. The van der Waals surface area contributed by atoms with E-state index < -0.39 is 5.60 Å². The maximum Gasteiger partial charge on any atom is 0.135 e. The summed E-state index contributed by atoms with van der Waals surface area (Å²) in [6, 6.07) is 0. The molecule has 1 N–H and O–H groups in total. The molecule has 24 heavy (non-hydrogen) atoms. The van der Waals surface area contributed by atoms with E-state index in [1.165, 1.54) is 30.5 Å². The van der Waals surface area contributed by atoms with Gasteiger partial charge in [-0.3, -0.25) is 0 Å². The molecule has 0 amide bonds. The van der Waals surface area contributed by atoms with Crippen molar-refractivity contribution in [2.45, 2.75) is 57.1 Å². The van der Waals surface area contributed by atoms with Gasteiger partial charge in [-0.1, -0.05) is 11.6 Å². The number of fused-ring (bicyclic) bond motifs is 1. The summed E-state index contributed by atoms with van der Waals surface area (Å²) in [6.45, 7) is 1.98. The molecule has 1 saturated heterocycles. The van der Waals surface area contributed by atoms with E-state index in [4.69, 9.17) is 0 Å². The third kappa shape index (κ3) is 3.13. The monoisotopic (exact) mass is 328 g/mol. The number of hydrogen-bond acceptors (Lipinski definition) is 6. The molecule has 1 aliphatic carbocycles. The molecule has 2 aliphatic rings. The van der Waals surface area contributed by atoms with Crippen LogP contribution in [0.2, 0.25) is 0 Å². The molecule has 1 aliphatic heterocycles. The fourth-order valence-electron chi connectivity index (χ4n) is 3.99. The lowest BCUT2D eigenvalue weighted by Gasteiger charge is -2.40. The zero-order valence-corrected chi connectivity index (χ0v) is 13.9. The number of β-amino-alcohol motifs (C(OH)–C–C–N with tert-alkyl or cyclic N) is 1. The average Bonchev–Trinajstić information content (AvgIpc) is 2.95. The summed E-state index contributed by atoms with van der Waals surface area (Å²) in [7, 11) is 0. The van der Waals surface area contributed by atoms with Crippen LogP contribution in [-0.2, 0) is 19.4 Å². The van der Waals surface area contributed by atoms with E-state index in [0.717, 1.165) is 38.0 Å². The van der Waals surface area contributed by atoms with Crippen LogP contribution in [0.25, 0.3) is 0 Å². The van der Waals surface area contributed by atoms with Crippen molar-refractivity contribution in [1.82, 2.24) is 25.0 Å². The first-order chi connectivity index (χ1) is 11.7. The molecule has 128 valence electrons. The van der Waals surface area contributed by atoms with Crippen molar-refractivity contribution in [2.75, 3.05) is 18.0 Å². The number of aromatic nitrogens is 5. The second kappa shape index (κ2) is 6.47. The molecule has 7 nitrogen and oxygen atoms in total. The van der Waals surface area contributed by atoms with Gasteiger partial charge in [-0.25, -0.2) is 14.6 Å². The Labute approximate surface area is 141 Å². The first kappa shape index (κ1) is 15.5. The zero-order valence-electron chi connectivity index (χ0n) is 13.9. The molecule has 0 spiro atoms. The summed E-state index contributed by atoms with van der Waals surface area (Å²) in [5, 5.41) is 18.9. The van der Waals surface area contributed by atoms with Crippen LogP contribution in [0.1, 0.15) is 43.4 Å². The fourth-order valence-corrected chi connectivity index (χ4v) is 3.99. The van der Waals surface area contributed by atoms with Gasteiger partial charge in [0.2, 0.25) is 0 Å². The largest absolute Gasteiger partial charge is 0.386 e. The van der Waals surface area contributed by atoms with Crippen LogP contribution in [0.3, 0.4) is 0 Å². The Balaban J connectivity index is 1.58. The van der Waals surface area contributed by atoms with Gasteiger partial charge >= 0.3 is 0 Å². The highest BCUT2D eigenvalue weighted by Gasteiger charge is 2.35. The van der Waals surface area contributed by atoms with E-state index in [2.05, 4.69) is 25.2 Å². The molecule has 0 aromatic carbocycles. The van der Waals surface area contributed by atoms with Crippen LogP contribution in [-0.4, -0.2) is 48.8 Å². The maximum atomic E-state index is 11.1. The van der Waals surface area contributed by atoms with Crippen LogP contribution < -0.4 is 4.90 Å². The molecule has 2 aromatic rings. The van der Waals surface area contributed by atoms with Crippen molar-refractivity contribution in [2.24, 2.45) is 0 Å². The second-order valence-corrected chi connectivity index (χ2v) is 7.03. The number of hydrogen-bond donors (Lipinski definition) is 1. The van der Waals surface area contributed by atoms with Gasteiger partial charge in [0.15, 0.2) is 0 Å². The van der Waals surface area contributed by atoms with Gasteiger partial charge in [-0.2, -0.15) is 0 Å². The molecule has 1 unspecified atom stereocenters. The number of nitrogens with zero attached hydrogens (tertiary/aromatic N) is 6. The van der Waals surface area contributed by atoms with Crippen LogP contribution in [0, 0.1) is 0 Å². The van der Waals surface area contributed by atoms with E-state index in [-0.39, 0.29) is 0 Å². The number of aryl methyl sites for hydroxylation is 1. The average molecular weight is 328 g/mol. The van der Waals surface area contributed by atoms with E-state index in [1.54, 1.807) is 23.4 Å². The number of rotatable bonds is 3. The molecule has 2 aromatic heterocycles. The zero-order chi connectivity index (χ0) is 16.4. The normalized spacial score (nSPS) is 24.5. The standard InChI is InChI=1S/C17H24N6O/c24-17(12-23-10-8-20-21-23)7-4-9-22(11-17)16-14-5-2-1-3-6-15(14)18-13-19-16/h8,10,13,24H,1-7,9,11-12H2. The Morgan fingerprint density at radius 2 is 2.04 bits per heavy atom. The van der Waals surface area contributed by atoms with Gasteiger partial charge in [-0.05, 0) is 38.5 Å². The van der Waals surface area contributed by atoms with E-state index >= 15 is 0 Å². The van der Waals surface area contributed by atoms with E-state index in [0.29, 0.717) is 13.1 Å². The molecule has 0 radical (unpaired) electrons. The molecule has 7 heteroatoms. The quantitative estimate of drug-likeness (QED) is 0.857. The lowest BCUT2D eigenvalue weighted by atomic mass is 9.92. The summed E-state index contributed by atoms with van der Waals surface area (Å²) < 4.78 is 1.71. The second-order valence-electron chi connectivity index (χ2n) is 7.03. The first-order valence-corrected chi connectivity index (χ1v) is 8.88. The van der Waals surface area contributed by atoms with Crippen LogP contribution >= 0.6 is 0 Å². The number of anilines is 1. The Kier molecular flexibility index (Phi) is 4.18. The molecular formula is C17H24N6O. The molecular weight excluding hydrogens is 304 g/mol. The van der Waals surface area contributed by atoms with Crippen LogP contribution in [0.4, 0.5) is 5.82 Å². The first-order valence-electron chi connectivity index (χ1n) is 8.88. The summed E-state index contributed by atoms with van der Waals surface area (Å²) in [4.78, 5) is 11.3. The van der Waals surface area contributed by atoms with Gasteiger partial charge in [-0.15, -0.1) is 5.10 Å². The van der Waals surface area contributed by atoms with Crippen LogP contribution in [0.15, 0.2) is 18.7 Å². The third-order valence-electron chi connectivity index (χ3n) is 5.14. The summed E-state index contributed by atoms with van der Waals surface area (Å²) in [6.07, 6.45) is 12.6. The maximum absolute atomic E-state index is 11.1. The van der Waals surface area contributed by atoms with E-state index in [1.807, 2.05) is 0 Å². The van der Waals surface area contributed by atoms with Crippen molar-refractivity contribution in [1.29, 1.82) is 0 Å². The highest BCUT2D eigenvalue weighted by atomic mass is 16.3. The Hall–Kier alpha value is -2.02. The van der Waals surface area contributed by atoms with Crippen molar-refractivity contribution in [3.8, 4) is 0 Å². The smallest absolute Gasteiger partial charge is 0.135 e. The summed E-state index contributed by atoms with van der Waals surface area (Å²) in [5.41, 5.74) is 1.69. The minimum Gasteiger partial charge on any atom is -0.386 e. The molecule has 0 saturated carbocycles. The number of aliphatic hydroxyl groups is 1. The number of piperidine rings is 1. The van der Waals surface area contributed by atoms with Gasteiger partial charge in [0.1, 0.15) is 17.7 Å². The lowest BCUT2D eigenvalue weighted by molar-refractivity contribution is 0.00580. The van der Waals surface area contributed by atoms with Crippen molar-refractivity contribution in [3.63, 3.8) is 0 Å². The summed E-state index contributed by atoms with van der Waals surface area (Å²) in [5.74, 6) is 1.03. The lowest BCUT2D eigenvalue weighted by Crippen LogP contribution is -2.51. The van der Waals surface area contributed by atoms with Crippen molar-refractivity contribution in [3.05, 3.63) is 30.0 Å². The minimum atomic E-state index is -0.797. The molecule has 1 fully saturated rings. The third-order valence-corrected chi connectivity index (χ3v) is 5.14. The SMILES string of the molecule is OC1(Cn2ccnn2)CCCN(c2ncnc3c2CCCCC3)C1. The Bertz CT molecular complexity index is 688. The van der Waals surface area contributed by atoms with Crippen molar-refractivity contribution < 1.29 is 5.11 Å². The van der Waals surface area contributed by atoms with Gasteiger partial charge in [0.25, 0.3) is 0 Å². The minimum absolute atomic E-state index is 0.469. The topological polar surface area (TPSA) is 80.0 Å². The highest BCUT2D eigenvalue weighted by molar-refractivity contribution is 5.50. The van der Waals surface area contributed by atoms with Gasteiger partial charge in [0, 0.05) is 30.5 Å². The van der Waals surface area contributed by atoms with Gasteiger partial charge in [0.05, 0.1) is 12.7 Å². The molecule has 4 rings (SSSR count). The van der Waals surface area contributed by atoms with E-state index in [9.17, 15) is 5.11 Å². The van der Waals surface area contributed by atoms with Gasteiger partial charge < -0.3 is 10.0 Å². The van der Waals surface area contributed by atoms with Crippen molar-refractivity contribution >= 4 is 5.82 Å². The Morgan fingerprint density at radius 1 is 1.12 bits per heavy atom. The fraction of sp³-hybridized carbons (Fsp3) is 0.647. The van der Waals surface area contributed by atoms with Crippen LogP contribution in [0.5, 0.6) is 0 Å². The Morgan fingerprint density at radius 3 is 2.92 bits per heavy atom. The molecule has 3 heterocycles. The highest BCUT2D eigenvalue weighted by Crippen LogP contribution is 2.31. The molecule has 1 atom stereocenters. The predicted molar refractivity (Wildman–Crippen MR) is 89.7 cm³/mol. The molecule has 0 bridgehead atoms.